The molecule has 0 saturated carbocycles. The van der Waals surface area contributed by atoms with Crippen molar-refractivity contribution in [2.45, 2.75) is 26.1 Å². The lowest BCUT2D eigenvalue weighted by molar-refractivity contribution is -0.155. The highest BCUT2D eigenvalue weighted by atomic mass is 35.5. The van der Waals surface area contributed by atoms with Gasteiger partial charge in [-0.05, 0) is 26.0 Å². The molecule has 0 spiro atoms. The minimum Gasteiger partial charge on any atom is -0.451 e. The Kier molecular flexibility index (Phi) is 6.09. The minimum atomic E-state index is -0.815. The molecule has 1 aliphatic rings. The molecule has 0 aromatic rings. The molecule has 0 radical (unpaired) electrons. The van der Waals surface area contributed by atoms with E-state index in [9.17, 15) is 9.59 Å². The molecule has 0 unspecified atom stereocenters. The van der Waals surface area contributed by atoms with Crippen LogP contribution in [0.2, 0.25) is 0 Å². The maximum Gasteiger partial charge on any atom is 0.331 e. The Morgan fingerprint density at radius 1 is 1.16 bits per heavy atom. The van der Waals surface area contributed by atoms with Crippen LogP contribution in [-0.2, 0) is 19.1 Å². The second kappa shape index (κ2) is 7.59. The van der Waals surface area contributed by atoms with E-state index in [1.807, 2.05) is 0 Å². The van der Waals surface area contributed by atoms with Crippen LogP contribution < -0.4 is 0 Å². The average molecular weight is 283 g/mol. The van der Waals surface area contributed by atoms with Gasteiger partial charge in [0.05, 0.1) is 5.03 Å². The third-order valence-corrected chi connectivity index (χ3v) is 2.57. The van der Waals surface area contributed by atoms with Crippen LogP contribution >= 0.6 is 11.6 Å². The summed E-state index contributed by atoms with van der Waals surface area (Å²) in [5, 5.41) is 0.304. The molecule has 1 aliphatic carbocycles. The summed E-state index contributed by atoms with van der Waals surface area (Å²) in [5.41, 5.74) is 0. The number of hydrogen-bond acceptors (Lipinski definition) is 4. The van der Waals surface area contributed by atoms with Crippen LogP contribution in [0.15, 0.2) is 47.6 Å². The monoisotopic (exact) mass is 282 g/mol. The SMILES string of the molecule is C/C=C/C(=O)O[C@H]1C=CC=C(Cl)[C@H]1OC(=O)/C=C/C. The number of carbonyl (C=O) groups excluding carboxylic acids is 2. The molecule has 0 saturated heterocycles. The van der Waals surface area contributed by atoms with Gasteiger partial charge in [0.25, 0.3) is 0 Å². The van der Waals surface area contributed by atoms with Crippen molar-refractivity contribution in [3.8, 4) is 0 Å². The highest BCUT2D eigenvalue weighted by Crippen LogP contribution is 2.23. The molecule has 4 nitrogen and oxygen atoms in total. The fraction of sp³-hybridized carbons (Fsp3) is 0.286. The maximum atomic E-state index is 11.4. The number of allylic oxidation sites excluding steroid dienone is 4. The van der Waals surface area contributed by atoms with E-state index in [4.69, 9.17) is 21.1 Å². The van der Waals surface area contributed by atoms with Crippen molar-refractivity contribution in [2.75, 3.05) is 0 Å². The smallest absolute Gasteiger partial charge is 0.331 e. The minimum absolute atomic E-state index is 0.304. The van der Waals surface area contributed by atoms with Gasteiger partial charge in [-0.1, -0.05) is 29.8 Å². The number of esters is 2. The third kappa shape index (κ3) is 4.75. The van der Waals surface area contributed by atoms with E-state index < -0.39 is 24.1 Å². The van der Waals surface area contributed by atoms with Crippen LogP contribution in [0, 0.1) is 0 Å². The summed E-state index contributed by atoms with van der Waals surface area (Å²) in [4.78, 5) is 22.9. The van der Waals surface area contributed by atoms with Gasteiger partial charge in [0, 0.05) is 12.2 Å². The van der Waals surface area contributed by atoms with Crippen molar-refractivity contribution in [3.05, 3.63) is 47.6 Å². The van der Waals surface area contributed by atoms with Crippen molar-refractivity contribution in [2.24, 2.45) is 0 Å². The summed E-state index contributed by atoms with van der Waals surface area (Å²) >= 11 is 5.98. The first kappa shape index (κ1) is 15.2. The van der Waals surface area contributed by atoms with Crippen LogP contribution in [0.3, 0.4) is 0 Å². The van der Waals surface area contributed by atoms with E-state index in [1.54, 1.807) is 44.2 Å². The lowest BCUT2D eigenvalue weighted by atomic mass is 10.1. The Labute approximate surface area is 117 Å². The molecular formula is C14H15ClO4. The summed E-state index contributed by atoms with van der Waals surface area (Å²) in [6, 6.07) is 0. The van der Waals surface area contributed by atoms with Crippen LogP contribution in [0.5, 0.6) is 0 Å². The molecule has 0 aliphatic heterocycles. The molecule has 0 aromatic heterocycles. The zero-order valence-electron chi connectivity index (χ0n) is 10.7. The van der Waals surface area contributed by atoms with E-state index in [2.05, 4.69) is 0 Å². The standard InChI is InChI=1S/C14H15ClO4/c1-3-6-12(16)18-11-9-5-8-10(15)14(11)19-13(17)7-4-2/h3-9,11,14H,1-2H3/b6-3+,7-4+/t11-,14+/m0/s1. The van der Waals surface area contributed by atoms with Gasteiger partial charge in [-0.25, -0.2) is 9.59 Å². The summed E-state index contributed by atoms with van der Waals surface area (Å²) in [6.07, 6.45) is 8.98. The van der Waals surface area contributed by atoms with Gasteiger partial charge in [-0.3, -0.25) is 0 Å². The molecule has 19 heavy (non-hydrogen) atoms. The van der Waals surface area contributed by atoms with E-state index >= 15 is 0 Å². The Morgan fingerprint density at radius 3 is 2.32 bits per heavy atom. The summed E-state index contributed by atoms with van der Waals surface area (Å²) in [5.74, 6) is -1.06. The molecule has 0 aromatic carbocycles. The molecule has 2 atom stereocenters. The molecular weight excluding hydrogens is 268 g/mol. The van der Waals surface area contributed by atoms with Gasteiger partial charge in [0.15, 0.2) is 12.2 Å². The summed E-state index contributed by atoms with van der Waals surface area (Å²) < 4.78 is 10.3. The first-order valence-electron chi connectivity index (χ1n) is 5.79. The van der Waals surface area contributed by atoms with E-state index in [1.165, 1.54) is 12.2 Å². The summed E-state index contributed by atoms with van der Waals surface area (Å²) in [6.45, 7) is 3.40. The average Bonchev–Trinajstić information content (AvgIpc) is 2.34. The molecule has 0 heterocycles. The van der Waals surface area contributed by atoms with Crippen LogP contribution in [-0.4, -0.2) is 24.1 Å². The van der Waals surface area contributed by atoms with Crippen molar-refractivity contribution in [1.82, 2.24) is 0 Å². The van der Waals surface area contributed by atoms with Gasteiger partial charge >= 0.3 is 11.9 Å². The van der Waals surface area contributed by atoms with Crippen molar-refractivity contribution in [1.29, 1.82) is 0 Å². The molecule has 0 bridgehead atoms. The fourth-order valence-corrected chi connectivity index (χ4v) is 1.69. The van der Waals surface area contributed by atoms with Crippen molar-refractivity contribution < 1.29 is 19.1 Å². The Hall–Kier alpha value is -1.81. The van der Waals surface area contributed by atoms with Crippen molar-refractivity contribution in [3.63, 3.8) is 0 Å². The van der Waals surface area contributed by atoms with Crippen LogP contribution in [0.4, 0.5) is 0 Å². The normalized spacial score (nSPS) is 22.6. The lowest BCUT2D eigenvalue weighted by Crippen LogP contribution is -2.35. The topological polar surface area (TPSA) is 52.6 Å². The molecule has 5 heteroatoms. The highest BCUT2D eigenvalue weighted by molar-refractivity contribution is 6.30. The third-order valence-electron chi connectivity index (χ3n) is 2.23. The van der Waals surface area contributed by atoms with Gasteiger partial charge in [0.2, 0.25) is 0 Å². The number of rotatable bonds is 4. The van der Waals surface area contributed by atoms with Crippen LogP contribution in [0.25, 0.3) is 0 Å². The van der Waals surface area contributed by atoms with E-state index in [0.29, 0.717) is 5.03 Å². The number of carbonyl (C=O) groups is 2. The van der Waals surface area contributed by atoms with Gasteiger partial charge < -0.3 is 9.47 Å². The first-order valence-corrected chi connectivity index (χ1v) is 6.16. The van der Waals surface area contributed by atoms with E-state index in [0.717, 1.165) is 0 Å². The van der Waals surface area contributed by atoms with Crippen molar-refractivity contribution >= 4 is 23.5 Å². The Bertz CT molecular complexity index is 460. The Balaban J connectivity index is 2.77. The predicted molar refractivity (Wildman–Crippen MR) is 72.5 cm³/mol. The molecule has 0 amide bonds. The second-order valence-corrected chi connectivity index (χ2v) is 4.13. The first-order chi connectivity index (χ1) is 9.08. The van der Waals surface area contributed by atoms with Gasteiger partial charge in [-0.2, -0.15) is 0 Å². The number of halogens is 1. The fourth-order valence-electron chi connectivity index (χ4n) is 1.44. The molecule has 102 valence electrons. The van der Waals surface area contributed by atoms with Gasteiger partial charge in [0.1, 0.15) is 0 Å². The second-order valence-electron chi connectivity index (χ2n) is 3.70. The molecule has 0 fully saturated rings. The maximum absolute atomic E-state index is 11.4. The zero-order valence-corrected chi connectivity index (χ0v) is 11.5. The number of hydrogen-bond donors (Lipinski definition) is 0. The highest BCUT2D eigenvalue weighted by Gasteiger charge is 2.30. The predicted octanol–water partition coefficient (Wildman–Crippen LogP) is 2.65. The van der Waals surface area contributed by atoms with Gasteiger partial charge in [-0.15, -0.1) is 0 Å². The summed E-state index contributed by atoms with van der Waals surface area (Å²) in [7, 11) is 0. The zero-order chi connectivity index (χ0) is 14.3. The largest absolute Gasteiger partial charge is 0.451 e. The Morgan fingerprint density at radius 2 is 1.74 bits per heavy atom. The number of ether oxygens (including phenoxy) is 2. The molecule has 1 rings (SSSR count). The van der Waals surface area contributed by atoms with E-state index in [-0.39, 0.29) is 0 Å². The lowest BCUT2D eigenvalue weighted by Gasteiger charge is -2.25. The quantitative estimate of drug-likeness (QED) is 0.587. The van der Waals surface area contributed by atoms with Crippen LogP contribution in [0.1, 0.15) is 13.8 Å². The molecule has 0 N–H and O–H groups in total.